The van der Waals surface area contributed by atoms with Crippen molar-refractivity contribution in [1.82, 2.24) is 10.2 Å². The van der Waals surface area contributed by atoms with E-state index >= 15 is 0 Å². The van der Waals surface area contributed by atoms with Crippen LogP contribution in [0.1, 0.15) is 47.0 Å². The summed E-state index contributed by atoms with van der Waals surface area (Å²) in [5, 5.41) is 3.55. The second-order valence-corrected chi connectivity index (χ2v) is 5.29. The molecule has 0 saturated carbocycles. The van der Waals surface area contributed by atoms with Crippen LogP contribution in [0.25, 0.3) is 0 Å². The Kier molecular flexibility index (Phi) is 7.09. The number of rotatable bonds is 7. The summed E-state index contributed by atoms with van der Waals surface area (Å²) in [6.45, 7) is 13.2. The fraction of sp³-hybridized carbons (Fsp3) is 1.00. The van der Waals surface area contributed by atoms with Crippen molar-refractivity contribution in [2.24, 2.45) is 0 Å². The normalized spacial score (nSPS) is 28.2. The van der Waals surface area contributed by atoms with Gasteiger partial charge in [-0.05, 0) is 46.2 Å². The minimum atomic E-state index is 0.405. The molecule has 1 fully saturated rings. The molecule has 0 aliphatic carbocycles. The van der Waals surface area contributed by atoms with E-state index in [1.165, 1.54) is 25.8 Å². The smallest absolute Gasteiger partial charge is 0.0674 e. The van der Waals surface area contributed by atoms with Crippen molar-refractivity contribution in [3.8, 4) is 0 Å². The highest BCUT2D eigenvalue weighted by atomic mass is 16.5. The minimum Gasteiger partial charge on any atom is -0.376 e. The third kappa shape index (κ3) is 5.36. The topological polar surface area (TPSA) is 24.5 Å². The standard InChI is InChI=1S/C14H30N2O/c1-5-14(15-6-2)8-7-9-16-10-13(4)17-11-12(16)3/h12-15H,5-11H2,1-4H3. The molecule has 1 N–H and O–H groups in total. The van der Waals surface area contributed by atoms with Crippen LogP contribution in [-0.4, -0.2) is 49.3 Å². The van der Waals surface area contributed by atoms with Gasteiger partial charge >= 0.3 is 0 Å². The number of ether oxygens (including phenoxy) is 1. The SMILES string of the molecule is CCNC(CC)CCCN1CC(C)OCC1C. The molecule has 0 aromatic heterocycles. The Morgan fingerprint density at radius 1 is 1.35 bits per heavy atom. The fourth-order valence-electron chi connectivity index (χ4n) is 2.56. The third-order valence-corrected chi connectivity index (χ3v) is 3.72. The van der Waals surface area contributed by atoms with Gasteiger partial charge in [0.25, 0.3) is 0 Å². The van der Waals surface area contributed by atoms with E-state index in [1.807, 2.05) is 0 Å². The summed E-state index contributed by atoms with van der Waals surface area (Å²) in [5.74, 6) is 0. The summed E-state index contributed by atoms with van der Waals surface area (Å²) in [4.78, 5) is 2.58. The molecule has 3 heteroatoms. The molecule has 1 saturated heterocycles. The lowest BCUT2D eigenvalue weighted by Crippen LogP contribution is -2.47. The van der Waals surface area contributed by atoms with Crippen LogP contribution in [0.15, 0.2) is 0 Å². The van der Waals surface area contributed by atoms with E-state index in [4.69, 9.17) is 4.74 Å². The van der Waals surface area contributed by atoms with E-state index in [0.717, 1.165) is 19.7 Å². The Balaban J connectivity index is 2.20. The van der Waals surface area contributed by atoms with Gasteiger partial charge in [0, 0.05) is 18.6 Å². The molecule has 0 aromatic carbocycles. The second-order valence-electron chi connectivity index (χ2n) is 5.29. The van der Waals surface area contributed by atoms with Crippen molar-refractivity contribution in [2.75, 3.05) is 26.2 Å². The predicted octanol–water partition coefficient (Wildman–Crippen LogP) is 2.26. The van der Waals surface area contributed by atoms with Gasteiger partial charge < -0.3 is 10.1 Å². The maximum atomic E-state index is 5.65. The Hall–Kier alpha value is -0.120. The summed E-state index contributed by atoms with van der Waals surface area (Å²) in [5.41, 5.74) is 0. The molecule has 1 heterocycles. The lowest BCUT2D eigenvalue weighted by atomic mass is 10.1. The summed E-state index contributed by atoms with van der Waals surface area (Å²) < 4.78 is 5.65. The molecule has 3 atom stereocenters. The summed E-state index contributed by atoms with van der Waals surface area (Å²) >= 11 is 0. The van der Waals surface area contributed by atoms with Crippen LogP contribution in [0.5, 0.6) is 0 Å². The summed E-state index contributed by atoms with van der Waals surface area (Å²) in [6.07, 6.45) is 4.23. The van der Waals surface area contributed by atoms with Gasteiger partial charge in [-0.3, -0.25) is 4.90 Å². The molecular formula is C14H30N2O. The molecule has 0 radical (unpaired) electrons. The van der Waals surface area contributed by atoms with Crippen molar-refractivity contribution < 1.29 is 4.74 Å². The zero-order valence-electron chi connectivity index (χ0n) is 12.0. The first-order valence-electron chi connectivity index (χ1n) is 7.26. The van der Waals surface area contributed by atoms with Gasteiger partial charge in [0.05, 0.1) is 12.7 Å². The van der Waals surface area contributed by atoms with Crippen molar-refractivity contribution in [2.45, 2.75) is 65.1 Å². The molecule has 1 rings (SSSR count). The van der Waals surface area contributed by atoms with Crippen LogP contribution >= 0.6 is 0 Å². The number of hydrogen-bond donors (Lipinski definition) is 1. The van der Waals surface area contributed by atoms with Crippen LogP contribution in [-0.2, 0) is 4.74 Å². The molecule has 0 spiro atoms. The zero-order chi connectivity index (χ0) is 12.7. The molecule has 0 aromatic rings. The lowest BCUT2D eigenvalue weighted by Gasteiger charge is -2.37. The van der Waals surface area contributed by atoms with Crippen LogP contribution in [0.2, 0.25) is 0 Å². The zero-order valence-corrected chi connectivity index (χ0v) is 12.0. The van der Waals surface area contributed by atoms with E-state index in [2.05, 4.69) is 37.9 Å². The number of nitrogens with one attached hydrogen (secondary N) is 1. The molecule has 17 heavy (non-hydrogen) atoms. The predicted molar refractivity (Wildman–Crippen MR) is 73.4 cm³/mol. The Labute approximate surface area is 107 Å². The Morgan fingerprint density at radius 3 is 2.76 bits per heavy atom. The minimum absolute atomic E-state index is 0.405. The van der Waals surface area contributed by atoms with Crippen LogP contribution in [0, 0.1) is 0 Å². The van der Waals surface area contributed by atoms with E-state index in [9.17, 15) is 0 Å². The average Bonchev–Trinajstić information content (AvgIpc) is 2.32. The van der Waals surface area contributed by atoms with Crippen molar-refractivity contribution >= 4 is 0 Å². The van der Waals surface area contributed by atoms with Crippen molar-refractivity contribution in [3.05, 3.63) is 0 Å². The maximum Gasteiger partial charge on any atom is 0.0674 e. The van der Waals surface area contributed by atoms with E-state index in [-0.39, 0.29) is 0 Å². The lowest BCUT2D eigenvalue weighted by molar-refractivity contribution is -0.0497. The van der Waals surface area contributed by atoms with Crippen LogP contribution < -0.4 is 5.32 Å². The van der Waals surface area contributed by atoms with Crippen molar-refractivity contribution in [3.63, 3.8) is 0 Å². The molecule has 0 bridgehead atoms. The quantitative estimate of drug-likeness (QED) is 0.741. The highest BCUT2D eigenvalue weighted by molar-refractivity contribution is 4.76. The fourth-order valence-corrected chi connectivity index (χ4v) is 2.56. The Bertz CT molecular complexity index is 199. The molecule has 0 amide bonds. The monoisotopic (exact) mass is 242 g/mol. The number of nitrogens with zero attached hydrogens (tertiary/aromatic N) is 1. The third-order valence-electron chi connectivity index (χ3n) is 3.72. The van der Waals surface area contributed by atoms with Crippen molar-refractivity contribution in [1.29, 1.82) is 0 Å². The van der Waals surface area contributed by atoms with Gasteiger partial charge in [-0.15, -0.1) is 0 Å². The van der Waals surface area contributed by atoms with E-state index in [1.54, 1.807) is 0 Å². The summed E-state index contributed by atoms with van der Waals surface area (Å²) in [6, 6.07) is 1.29. The largest absolute Gasteiger partial charge is 0.376 e. The average molecular weight is 242 g/mol. The number of hydrogen-bond acceptors (Lipinski definition) is 3. The molecular weight excluding hydrogens is 212 g/mol. The maximum absolute atomic E-state index is 5.65. The van der Waals surface area contributed by atoms with Gasteiger partial charge in [0.15, 0.2) is 0 Å². The molecule has 102 valence electrons. The van der Waals surface area contributed by atoms with Crippen LogP contribution in [0.4, 0.5) is 0 Å². The molecule has 1 aliphatic heterocycles. The van der Waals surface area contributed by atoms with Gasteiger partial charge in [0.2, 0.25) is 0 Å². The van der Waals surface area contributed by atoms with E-state index in [0.29, 0.717) is 18.2 Å². The second kappa shape index (κ2) is 8.06. The molecule has 1 aliphatic rings. The highest BCUT2D eigenvalue weighted by Gasteiger charge is 2.22. The molecule has 3 unspecified atom stereocenters. The first-order valence-corrected chi connectivity index (χ1v) is 7.26. The van der Waals surface area contributed by atoms with Gasteiger partial charge in [-0.1, -0.05) is 13.8 Å². The van der Waals surface area contributed by atoms with Gasteiger partial charge in [-0.2, -0.15) is 0 Å². The van der Waals surface area contributed by atoms with E-state index < -0.39 is 0 Å². The Morgan fingerprint density at radius 2 is 2.12 bits per heavy atom. The first kappa shape index (κ1) is 14.9. The molecule has 3 nitrogen and oxygen atoms in total. The first-order chi connectivity index (χ1) is 8.17. The van der Waals surface area contributed by atoms with Gasteiger partial charge in [-0.25, -0.2) is 0 Å². The van der Waals surface area contributed by atoms with Gasteiger partial charge in [0.1, 0.15) is 0 Å². The highest BCUT2D eigenvalue weighted by Crippen LogP contribution is 2.13. The van der Waals surface area contributed by atoms with Crippen LogP contribution in [0.3, 0.4) is 0 Å². The number of morpholine rings is 1. The summed E-state index contributed by atoms with van der Waals surface area (Å²) in [7, 11) is 0.